The van der Waals surface area contributed by atoms with Crippen molar-refractivity contribution in [3.05, 3.63) is 48.3 Å². The number of anilines is 2. The summed E-state index contributed by atoms with van der Waals surface area (Å²) >= 11 is 0. The second-order valence-corrected chi connectivity index (χ2v) is 10.5. The molecule has 34 heavy (non-hydrogen) atoms. The number of carbonyl (C=O) groups excluding carboxylic acids is 1. The molecule has 182 valence electrons. The van der Waals surface area contributed by atoms with Gasteiger partial charge in [0.1, 0.15) is 5.82 Å². The van der Waals surface area contributed by atoms with Crippen molar-refractivity contribution in [2.75, 3.05) is 36.4 Å². The Labute approximate surface area is 201 Å². The lowest BCUT2D eigenvalue weighted by molar-refractivity contribution is -0.116. The predicted octanol–water partition coefficient (Wildman–Crippen LogP) is 3.78. The molecular formula is C25H33N5O3S. The van der Waals surface area contributed by atoms with E-state index in [2.05, 4.69) is 21.3 Å². The summed E-state index contributed by atoms with van der Waals surface area (Å²) < 4.78 is 29.1. The highest BCUT2D eigenvalue weighted by atomic mass is 32.2. The van der Waals surface area contributed by atoms with Gasteiger partial charge in [-0.05, 0) is 43.2 Å². The highest BCUT2D eigenvalue weighted by Gasteiger charge is 2.23. The average Bonchev–Trinajstić information content (AvgIpc) is 3.47. The Hall–Kier alpha value is -2.91. The Morgan fingerprint density at radius 1 is 1.09 bits per heavy atom. The lowest BCUT2D eigenvalue weighted by atomic mass is 10.2. The topological polar surface area (TPSA) is 87.5 Å². The van der Waals surface area contributed by atoms with Gasteiger partial charge in [0.15, 0.2) is 0 Å². The summed E-state index contributed by atoms with van der Waals surface area (Å²) in [7, 11) is -1.66. The Kier molecular flexibility index (Phi) is 7.23. The van der Waals surface area contributed by atoms with Crippen molar-refractivity contribution < 1.29 is 13.2 Å². The van der Waals surface area contributed by atoms with Crippen molar-refractivity contribution in [2.24, 2.45) is 7.05 Å². The molecule has 1 aliphatic rings. The fourth-order valence-electron chi connectivity index (χ4n) is 4.58. The predicted molar refractivity (Wildman–Crippen MR) is 136 cm³/mol. The largest absolute Gasteiger partial charge is 0.370 e. The Bertz CT molecular complexity index is 1270. The van der Waals surface area contributed by atoms with Crippen molar-refractivity contribution in [2.45, 2.75) is 44.4 Å². The molecule has 3 aromatic rings. The van der Waals surface area contributed by atoms with Gasteiger partial charge in [0.25, 0.3) is 0 Å². The molecule has 8 nitrogen and oxygen atoms in total. The van der Waals surface area contributed by atoms with Crippen LogP contribution in [0.2, 0.25) is 0 Å². The smallest absolute Gasteiger partial charge is 0.243 e. The number of amides is 1. The van der Waals surface area contributed by atoms with E-state index in [1.807, 2.05) is 43.7 Å². The zero-order valence-corrected chi connectivity index (χ0v) is 20.9. The molecule has 1 amide bonds. The summed E-state index contributed by atoms with van der Waals surface area (Å²) in [6.07, 6.45) is 3.09. The number of rotatable bonds is 9. The molecule has 0 bridgehead atoms. The number of hydrogen-bond donors (Lipinski definition) is 1. The molecule has 1 aliphatic heterocycles. The summed E-state index contributed by atoms with van der Waals surface area (Å²) in [6.45, 7) is 6.51. The van der Waals surface area contributed by atoms with E-state index in [-0.39, 0.29) is 17.2 Å². The van der Waals surface area contributed by atoms with Crippen molar-refractivity contribution in [3.8, 4) is 0 Å². The third kappa shape index (κ3) is 4.81. The Morgan fingerprint density at radius 2 is 1.79 bits per heavy atom. The maximum atomic E-state index is 12.9. The third-order valence-electron chi connectivity index (χ3n) is 6.49. The fourth-order valence-corrected chi connectivity index (χ4v) is 6.06. The molecule has 1 aromatic heterocycles. The van der Waals surface area contributed by atoms with Crippen LogP contribution in [0.1, 0.15) is 38.9 Å². The molecule has 9 heteroatoms. The second-order valence-electron chi connectivity index (χ2n) is 8.59. The minimum atomic E-state index is -3.55. The van der Waals surface area contributed by atoms with Crippen LogP contribution >= 0.6 is 0 Å². The lowest BCUT2D eigenvalue weighted by Gasteiger charge is -2.21. The molecular weight excluding hydrogens is 450 g/mol. The van der Waals surface area contributed by atoms with E-state index in [0.29, 0.717) is 25.0 Å². The van der Waals surface area contributed by atoms with Crippen LogP contribution in [0.25, 0.3) is 11.0 Å². The zero-order chi connectivity index (χ0) is 24.3. The van der Waals surface area contributed by atoms with Gasteiger partial charge in [-0.15, -0.1) is 0 Å². The van der Waals surface area contributed by atoms with Crippen LogP contribution in [0, 0.1) is 0 Å². The molecule has 1 fully saturated rings. The van der Waals surface area contributed by atoms with Crippen LogP contribution in [0.5, 0.6) is 0 Å². The van der Waals surface area contributed by atoms with E-state index in [0.717, 1.165) is 35.8 Å². The molecule has 1 N–H and O–H groups in total. The average molecular weight is 484 g/mol. The molecule has 0 radical (unpaired) electrons. The Balaban J connectivity index is 1.48. The summed E-state index contributed by atoms with van der Waals surface area (Å²) in [5.74, 6) is 0.680. The van der Waals surface area contributed by atoms with Gasteiger partial charge in [-0.3, -0.25) is 4.79 Å². The number of aromatic nitrogens is 2. The molecule has 0 unspecified atom stereocenters. The van der Waals surface area contributed by atoms with E-state index in [1.54, 1.807) is 18.2 Å². The molecule has 4 rings (SSSR count). The number of fused-ring (bicyclic) bond motifs is 1. The second kappa shape index (κ2) is 10.1. The zero-order valence-electron chi connectivity index (χ0n) is 20.1. The van der Waals surface area contributed by atoms with Gasteiger partial charge in [0.05, 0.1) is 27.3 Å². The van der Waals surface area contributed by atoms with Crippen LogP contribution < -0.4 is 10.2 Å². The third-order valence-corrected chi connectivity index (χ3v) is 8.53. The summed E-state index contributed by atoms with van der Waals surface area (Å²) in [4.78, 5) is 20.0. The molecule has 0 aliphatic carbocycles. The number of aryl methyl sites for hydroxylation is 2. The monoisotopic (exact) mass is 483 g/mol. The van der Waals surface area contributed by atoms with E-state index in [1.165, 1.54) is 17.1 Å². The number of hydrogen-bond acceptors (Lipinski definition) is 5. The number of benzene rings is 2. The first-order valence-electron chi connectivity index (χ1n) is 11.9. The van der Waals surface area contributed by atoms with Gasteiger partial charge in [-0.2, -0.15) is 4.31 Å². The summed E-state index contributed by atoms with van der Waals surface area (Å²) in [6, 6.07) is 13.0. The SMILES string of the molecule is CCN(CC)S(=O)(=O)c1ccc2c(c1)nc(CCC(=O)Nc1ccccc1N1CCCC1)n2C. The van der Waals surface area contributed by atoms with Crippen LogP contribution in [-0.2, 0) is 28.3 Å². The fraction of sp³-hybridized carbons (Fsp3) is 0.440. The van der Waals surface area contributed by atoms with Gasteiger partial charge in [0, 0.05) is 46.1 Å². The van der Waals surface area contributed by atoms with Crippen molar-refractivity contribution >= 4 is 38.3 Å². The quantitative estimate of drug-likeness (QED) is 0.501. The molecule has 2 heterocycles. The van der Waals surface area contributed by atoms with Crippen LogP contribution in [0.15, 0.2) is 47.4 Å². The number of carbonyl (C=O) groups is 1. The number of sulfonamides is 1. The van der Waals surface area contributed by atoms with Crippen LogP contribution in [-0.4, -0.2) is 54.4 Å². The van der Waals surface area contributed by atoms with Crippen LogP contribution in [0.4, 0.5) is 11.4 Å². The highest BCUT2D eigenvalue weighted by Crippen LogP contribution is 2.29. The number of imidazole rings is 1. The van der Waals surface area contributed by atoms with E-state index in [9.17, 15) is 13.2 Å². The molecule has 1 saturated heterocycles. The standard InChI is InChI=1S/C25H33N5O3S/c1-4-30(5-2)34(32,33)19-12-13-22-21(18-19)26-24(28(22)3)14-15-25(31)27-20-10-6-7-11-23(20)29-16-8-9-17-29/h6-7,10-13,18H,4-5,8-9,14-17H2,1-3H3,(H,27,31). The van der Waals surface area contributed by atoms with Gasteiger partial charge in [0.2, 0.25) is 15.9 Å². The van der Waals surface area contributed by atoms with Gasteiger partial charge in [-0.1, -0.05) is 26.0 Å². The van der Waals surface area contributed by atoms with Crippen molar-refractivity contribution in [3.63, 3.8) is 0 Å². The number of para-hydroxylation sites is 2. The van der Waals surface area contributed by atoms with Gasteiger partial charge < -0.3 is 14.8 Å². The molecule has 0 atom stereocenters. The maximum absolute atomic E-state index is 12.9. The van der Waals surface area contributed by atoms with Crippen molar-refractivity contribution in [1.82, 2.24) is 13.9 Å². The van der Waals surface area contributed by atoms with E-state index >= 15 is 0 Å². The van der Waals surface area contributed by atoms with Gasteiger partial charge in [-0.25, -0.2) is 13.4 Å². The molecule has 2 aromatic carbocycles. The highest BCUT2D eigenvalue weighted by molar-refractivity contribution is 7.89. The van der Waals surface area contributed by atoms with Crippen molar-refractivity contribution in [1.29, 1.82) is 0 Å². The van der Waals surface area contributed by atoms with E-state index < -0.39 is 10.0 Å². The first kappa shape index (κ1) is 24.2. The minimum Gasteiger partial charge on any atom is -0.370 e. The first-order valence-corrected chi connectivity index (χ1v) is 13.4. The van der Waals surface area contributed by atoms with Gasteiger partial charge >= 0.3 is 0 Å². The van der Waals surface area contributed by atoms with E-state index in [4.69, 9.17) is 0 Å². The number of nitrogens with one attached hydrogen (secondary N) is 1. The molecule has 0 saturated carbocycles. The first-order chi connectivity index (χ1) is 16.3. The normalized spacial score (nSPS) is 14.3. The van der Waals surface area contributed by atoms with Crippen LogP contribution in [0.3, 0.4) is 0 Å². The summed E-state index contributed by atoms with van der Waals surface area (Å²) in [5.41, 5.74) is 3.36. The summed E-state index contributed by atoms with van der Waals surface area (Å²) in [5, 5.41) is 3.06. The lowest BCUT2D eigenvalue weighted by Crippen LogP contribution is -2.30. The Morgan fingerprint density at radius 3 is 2.50 bits per heavy atom. The maximum Gasteiger partial charge on any atom is 0.243 e. The number of nitrogens with zero attached hydrogens (tertiary/aromatic N) is 4. The molecule has 0 spiro atoms. The minimum absolute atomic E-state index is 0.0662.